The Hall–Kier alpha value is -1.22. The molecule has 1 aromatic rings. The molecule has 1 fully saturated rings. The van der Waals surface area contributed by atoms with Gasteiger partial charge < -0.3 is 30.7 Å². The van der Waals surface area contributed by atoms with Crippen molar-refractivity contribution >= 4 is 42.4 Å². The Morgan fingerprint density at radius 2 is 2.17 bits per heavy atom. The van der Waals surface area contributed by atoms with Gasteiger partial charge in [0.1, 0.15) is 6.61 Å². The van der Waals surface area contributed by atoms with E-state index in [1.807, 2.05) is 14.0 Å². The van der Waals surface area contributed by atoms with E-state index in [1.165, 1.54) is 0 Å². The summed E-state index contributed by atoms with van der Waals surface area (Å²) >= 11 is 0. The molecule has 0 aliphatic carbocycles. The largest absolute Gasteiger partial charge is 0.484 e. The average Bonchev–Trinajstić information content (AvgIpc) is 3.01. The number of nitrogens with two attached hydrogens (primary N) is 1. The van der Waals surface area contributed by atoms with Crippen LogP contribution in [0.3, 0.4) is 0 Å². The van der Waals surface area contributed by atoms with Crippen molar-refractivity contribution in [3.05, 3.63) is 0 Å². The zero-order valence-corrected chi connectivity index (χ0v) is 15.7. The monoisotopic (exact) mass is 380 g/mol. The minimum atomic E-state index is 0. The molecule has 1 saturated heterocycles. The molecule has 138 valence electrons. The molecule has 8 nitrogen and oxygen atoms in total. The zero-order valence-electron chi connectivity index (χ0n) is 14.1. The molecule has 0 spiro atoms. The van der Waals surface area contributed by atoms with E-state index >= 15 is 0 Å². The number of nitrogens with zero attached hydrogens (tertiary/aromatic N) is 3. The minimum Gasteiger partial charge on any atom is -0.484 e. The molecule has 1 aromatic heterocycles. The summed E-state index contributed by atoms with van der Waals surface area (Å²) in [6, 6.07) is 0.507. The summed E-state index contributed by atoms with van der Waals surface area (Å²) in [6.07, 6.45) is 1.10. The number of hydrogen-bond acceptors (Lipinski definition) is 8. The van der Waals surface area contributed by atoms with E-state index in [4.69, 9.17) is 15.2 Å². The summed E-state index contributed by atoms with van der Waals surface area (Å²) in [5.74, 6) is 2.36. The molecule has 0 radical (unpaired) electrons. The van der Waals surface area contributed by atoms with Gasteiger partial charge in [-0.3, -0.25) is 0 Å². The van der Waals surface area contributed by atoms with Crippen molar-refractivity contribution in [2.45, 2.75) is 31.5 Å². The lowest BCUT2D eigenvalue weighted by molar-refractivity contribution is 0.0804. The summed E-state index contributed by atoms with van der Waals surface area (Å²) < 4.78 is 11.3. The molecular weight excluding hydrogens is 355 g/mol. The van der Waals surface area contributed by atoms with Gasteiger partial charge in [-0.2, -0.15) is 9.97 Å². The van der Waals surface area contributed by atoms with E-state index in [9.17, 15) is 0 Å². The average molecular weight is 381 g/mol. The van der Waals surface area contributed by atoms with Crippen LogP contribution < -0.4 is 26.0 Å². The smallest absolute Gasteiger partial charge is 0.224 e. The Labute approximate surface area is 154 Å². The lowest BCUT2D eigenvalue weighted by Crippen LogP contribution is -2.42. The number of methoxy groups -OCH3 is 1. The first-order chi connectivity index (χ1) is 10.6. The van der Waals surface area contributed by atoms with Gasteiger partial charge in [-0.05, 0) is 20.4 Å². The van der Waals surface area contributed by atoms with Crippen molar-refractivity contribution in [2.75, 3.05) is 49.8 Å². The second kappa shape index (κ2) is 8.75. The van der Waals surface area contributed by atoms with E-state index in [-0.39, 0.29) is 42.9 Å². The van der Waals surface area contributed by atoms with Gasteiger partial charge in [0.15, 0.2) is 11.6 Å². The Morgan fingerprint density at radius 3 is 2.79 bits per heavy atom. The first-order valence-corrected chi connectivity index (χ1v) is 7.64. The van der Waals surface area contributed by atoms with Crippen LogP contribution in [0.4, 0.5) is 17.6 Å². The molecule has 24 heavy (non-hydrogen) atoms. The topological polar surface area (TPSA) is 97.6 Å². The van der Waals surface area contributed by atoms with Gasteiger partial charge in [0.2, 0.25) is 11.7 Å². The predicted octanol–water partition coefficient (Wildman–Crippen LogP) is 0.908. The number of likely N-dealkylation sites (N-methyl/N-ethyl adjacent to an activating group) is 1. The van der Waals surface area contributed by atoms with E-state index in [0.717, 1.165) is 25.3 Å². The van der Waals surface area contributed by atoms with Gasteiger partial charge in [0.05, 0.1) is 12.1 Å². The van der Waals surface area contributed by atoms with Gasteiger partial charge >= 0.3 is 0 Å². The molecule has 4 N–H and O–H groups in total. The molecule has 2 aliphatic rings. The lowest BCUT2D eigenvalue weighted by atomic mass is 10.1. The van der Waals surface area contributed by atoms with E-state index in [1.54, 1.807) is 7.11 Å². The fourth-order valence-electron chi connectivity index (χ4n) is 2.90. The van der Waals surface area contributed by atoms with Crippen molar-refractivity contribution in [1.82, 2.24) is 15.3 Å². The highest BCUT2D eigenvalue weighted by molar-refractivity contribution is 5.85. The van der Waals surface area contributed by atoms with Crippen LogP contribution in [0, 0.1) is 0 Å². The third-order valence-electron chi connectivity index (χ3n) is 4.43. The van der Waals surface area contributed by atoms with Crippen molar-refractivity contribution in [3.8, 4) is 5.75 Å². The number of nitrogens with one attached hydrogen (secondary N) is 2. The summed E-state index contributed by atoms with van der Waals surface area (Å²) in [5.41, 5.74) is 5.88. The van der Waals surface area contributed by atoms with Crippen molar-refractivity contribution in [2.24, 2.45) is 0 Å². The van der Waals surface area contributed by atoms with Crippen molar-refractivity contribution < 1.29 is 9.47 Å². The second-order valence-corrected chi connectivity index (χ2v) is 5.81. The normalized spacial score (nSPS) is 23.2. The summed E-state index contributed by atoms with van der Waals surface area (Å²) in [5, 5.41) is 6.65. The minimum absolute atomic E-state index is 0. The Morgan fingerprint density at radius 1 is 1.42 bits per heavy atom. The molecule has 2 aliphatic heterocycles. The third-order valence-corrected chi connectivity index (χ3v) is 4.43. The zero-order chi connectivity index (χ0) is 15.7. The summed E-state index contributed by atoms with van der Waals surface area (Å²) in [7, 11) is 3.66. The number of halogens is 2. The van der Waals surface area contributed by atoms with Crippen molar-refractivity contribution in [3.63, 3.8) is 0 Å². The molecule has 0 aromatic carbocycles. The Bertz CT molecular complexity index is 550. The number of nitrogen functional groups attached to an aromatic ring is 1. The Kier molecular flexibility index (Phi) is 7.59. The van der Waals surface area contributed by atoms with E-state index in [0.29, 0.717) is 24.2 Å². The molecule has 0 saturated carbocycles. The van der Waals surface area contributed by atoms with Gasteiger partial charge in [-0.1, -0.05) is 0 Å². The molecule has 10 heteroatoms. The maximum Gasteiger partial charge on any atom is 0.224 e. The fraction of sp³-hybridized carbons (Fsp3) is 0.714. The van der Waals surface area contributed by atoms with Crippen LogP contribution in [0.1, 0.15) is 13.3 Å². The van der Waals surface area contributed by atoms with Crippen LogP contribution in [0.2, 0.25) is 0 Å². The highest BCUT2D eigenvalue weighted by atomic mass is 35.5. The molecule has 3 heterocycles. The van der Waals surface area contributed by atoms with Gasteiger partial charge in [0.25, 0.3) is 0 Å². The molecule has 3 atom stereocenters. The van der Waals surface area contributed by atoms with Crippen molar-refractivity contribution in [1.29, 1.82) is 0 Å². The Balaban J connectivity index is 0.00000144. The van der Waals surface area contributed by atoms with Gasteiger partial charge in [0, 0.05) is 26.2 Å². The second-order valence-electron chi connectivity index (χ2n) is 5.81. The van der Waals surface area contributed by atoms with Crippen LogP contribution in [0.5, 0.6) is 5.75 Å². The molecule has 0 amide bonds. The molecule has 0 unspecified atom stereocenters. The quantitative estimate of drug-likeness (QED) is 0.708. The third kappa shape index (κ3) is 4.05. The maximum atomic E-state index is 5.94. The number of fused-ring (bicyclic) bond motifs is 1. The van der Waals surface area contributed by atoms with Crippen LogP contribution in [-0.4, -0.2) is 62.0 Å². The highest BCUT2D eigenvalue weighted by Gasteiger charge is 2.32. The van der Waals surface area contributed by atoms with E-state index in [2.05, 4.69) is 25.5 Å². The standard InChI is InChI=1S/C14H24N6O2.2ClH/c1-8(21-3)10-7-22-11-12(17-10)18-14(15)19-13(11)20-5-4-9(6-20)16-2;;/h8-10,16H,4-7H2,1-3H3,(H3,15,17,18,19);2*1H/t8-,9+,10-;;/m0../s1. The predicted molar refractivity (Wildman–Crippen MR) is 100.0 cm³/mol. The molecule has 0 bridgehead atoms. The maximum absolute atomic E-state index is 5.94. The first-order valence-electron chi connectivity index (χ1n) is 7.64. The fourth-order valence-corrected chi connectivity index (χ4v) is 2.90. The number of aromatic nitrogens is 2. The lowest BCUT2D eigenvalue weighted by Gasteiger charge is -2.32. The van der Waals surface area contributed by atoms with Gasteiger partial charge in [-0.25, -0.2) is 0 Å². The summed E-state index contributed by atoms with van der Waals surface area (Å²) in [4.78, 5) is 10.9. The van der Waals surface area contributed by atoms with Crippen LogP contribution in [0.25, 0.3) is 0 Å². The number of ether oxygens (including phenoxy) is 2. The van der Waals surface area contributed by atoms with Crippen LogP contribution in [-0.2, 0) is 4.74 Å². The van der Waals surface area contributed by atoms with Crippen LogP contribution in [0.15, 0.2) is 0 Å². The number of rotatable bonds is 4. The molecule has 3 rings (SSSR count). The number of hydrogen-bond donors (Lipinski definition) is 3. The van der Waals surface area contributed by atoms with E-state index < -0.39 is 0 Å². The highest BCUT2D eigenvalue weighted by Crippen LogP contribution is 2.38. The van der Waals surface area contributed by atoms with Gasteiger partial charge in [-0.15, -0.1) is 24.8 Å². The number of anilines is 3. The van der Waals surface area contributed by atoms with Crippen LogP contribution >= 0.6 is 24.8 Å². The summed E-state index contributed by atoms with van der Waals surface area (Å²) in [6.45, 7) is 4.33. The first kappa shape index (κ1) is 20.8. The molecular formula is C14H26Cl2N6O2. The SMILES string of the molecule is CN[C@@H]1CCN(c2nc(N)nc3c2OC[C@@H]([C@H](C)OC)N3)C1.Cl.Cl.